The first kappa shape index (κ1) is 20.7. The van der Waals surface area contributed by atoms with Crippen LogP contribution >= 0.6 is 11.8 Å². The fourth-order valence-electron chi connectivity index (χ4n) is 5.11. The maximum Gasteiger partial charge on any atom is 0.247 e. The van der Waals surface area contributed by atoms with Crippen molar-refractivity contribution in [3.05, 3.63) is 52.5 Å². The molecule has 0 bridgehead atoms. The lowest BCUT2D eigenvalue weighted by Crippen LogP contribution is -2.58. The Labute approximate surface area is 185 Å². The van der Waals surface area contributed by atoms with Crippen molar-refractivity contribution in [3.8, 4) is 24.3 Å². The summed E-state index contributed by atoms with van der Waals surface area (Å²) in [5.41, 5.74) is -1.72. The van der Waals surface area contributed by atoms with Crippen molar-refractivity contribution in [2.45, 2.75) is 37.1 Å². The van der Waals surface area contributed by atoms with E-state index < -0.39 is 16.7 Å². The lowest BCUT2D eigenvalue weighted by Gasteiger charge is -2.51. The predicted octanol–water partition coefficient (Wildman–Crippen LogP) is 4.07. The minimum Gasteiger partial charge on any atom is -0.335 e. The third kappa shape index (κ3) is 3.02. The first-order valence-corrected chi connectivity index (χ1v) is 10.8. The maximum atomic E-state index is 13.0. The quantitative estimate of drug-likeness (QED) is 0.660. The molecule has 1 fully saturated rings. The van der Waals surface area contributed by atoms with E-state index in [2.05, 4.69) is 0 Å². The molecule has 1 aliphatic carbocycles. The molecule has 152 valence electrons. The van der Waals surface area contributed by atoms with Crippen LogP contribution in [0.2, 0.25) is 0 Å². The summed E-state index contributed by atoms with van der Waals surface area (Å²) in [6.07, 6.45) is 2.95. The number of piperidine rings is 1. The van der Waals surface area contributed by atoms with Crippen LogP contribution in [0.3, 0.4) is 0 Å². The van der Waals surface area contributed by atoms with Crippen LogP contribution in [0.25, 0.3) is 0 Å². The summed E-state index contributed by atoms with van der Waals surface area (Å²) in [5.74, 6) is -0.797. The Morgan fingerprint density at radius 1 is 1.03 bits per heavy atom. The molecule has 1 aromatic rings. The Bertz CT molecular complexity index is 1140. The average molecular weight is 426 g/mol. The normalized spacial score (nSPS) is 25.6. The van der Waals surface area contributed by atoms with Crippen molar-refractivity contribution in [1.29, 1.82) is 21.0 Å². The second kappa shape index (κ2) is 7.63. The van der Waals surface area contributed by atoms with Crippen molar-refractivity contribution in [1.82, 2.24) is 4.90 Å². The molecular weight excluding hydrogens is 406 g/mol. The third-order valence-electron chi connectivity index (χ3n) is 6.70. The lowest BCUT2D eigenvalue weighted by molar-refractivity contribution is -0.131. The number of thioether (sulfide) groups is 1. The van der Waals surface area contributed by atoms with Gasteiger partial charge >= 0.3 is 0 Å². The van der Waals surface area contributed by atoms with Gasteiger partial charge in [0.05, 0.1) is 24.3 Å². The molecule has 4 rings (SSSR count). The molecular formula is C24H19N5OS. The van der Waals surface area contributed by atoms with E-state index in [1.165, 1.54) is 0 Å². The van der Waals surface area contributed by atoms with Crippen LogP contribution in [-0.4, -0.2) is 23.4 Å². The first-order chi connectivity index (χ1) is 14.9. The molecule has 0 N–H and O–H groups in total. The van der Waals surface area contributed by atoms with Crippen molar-refractivity contribution < 1.29 is 4.79 Å². The average Bonchev–Trinajstić information content (AvgIpc) is 2.79. The van der Waals surface area contributed by atoms with Crippen LogP contribution in [0, 0.1) is 62.1 Å². The van der Waals surface area contributed by atoms with Crippen LogP contribution in [0.15, 0.2) is 57.4 Å². The van der Waals surface area contributed by atoms with E-state index in [0.29, 0.717) is 12.8 Å². The van der Waals surface area contributed by atoms with Crippen molar-refractivity contribution in [2.24, 2.45) is 16.7 Å². The van der Waals surface area contributed by atoms with Gasteiger partial charge in [-0.05, 0) is 36.8 Å². The second-order valence-corrected chi connectivity index (χ2v) is 9.47. The number of hydrogen-bond acceptors (Lipinski definition) is 6. The van der Waals surface area contributed by atoms with Crippen molar-refractivity contribution in [3.63, 3.8) is 0 Å². The lowest BCUT2D eigenvalue weighted by atomic mass is 9.51. The van der Waals surface area contributed by atoms with E-state index in [0.717, 1.165) is 20.9 Å². The zero-order valence-electron chi connectivity index (χ0n) is 17.0. The minimum atomic E-state index is -1.81. The Morgan fingerprint density at radius 3 is 2.32 bits per heavy atom. The number of carbonyl (C=O) groups excluding carboxylic acids is 1. The molecule has 1 aromatic carbocycles. The van der Waals surface area contributed by atoms with E-state index in [4.69, 9.17) is 0 Å². The zero-order valence-corrected chi connectivity index (χ0v) is 17.8. The summed E-state index contributed by atoms with van der Waals surface area (Å²) in [7, 11) is 0. The van der Waals surface area contributed by atoms with E-state index >= 15 is 0 Å². The second-order valence-electron chi connectivity index (χ2n) is 8.27. The molecule has 7 heteroatoms. The Hall–Kier alpha value is -3.52. The van der Waals surface area contributed by atoms with Gasteiger partial charge in [0.2, 0.25) is 5.91 Å². The molecule has 1 saturated heterocycles. The highest BCUT2D eigenvalue weighted by Crippen LogP contribution is 2.58. The predicted molar refractivity (Wildman–Crippen MR) is 113 cm³/mol. The van der Waals surface area contributed by atoms with E-state index in [1.54, 1.807) is 22.7 Å². The monoisotopic (exact) mass is 425 g/mol. The highest BCUT2D eigenvalue weighted by atomic mass is 32.2. The fourth-order valence-corrected chi connectivity index (χ4v) is 6.14. The molecule has 2 heterocycles. The largest absolute Gasteiger partial charge is 0.335 e. The fraction of sp³-hybridized carbons (Fsp3) is 0.375. The number of amides is 1. The highest BCUT2D eigenvalue weighted by Gasteiger charge is 2.64. The number of rotatable bonds is 2. The standard InChI is InChI=1S/C24H19N5OS/c1-16-10-23(12-25,13-26)24(14-27,15-28)21-11-29-17(8-20(16)21)7-19(9-22(29)30)31-18-5-3-2-4-6-18/h2-6,9,17,21H,7-8,10-11H2,1H3/t17-,21+/m0/s1. The Balaban J connectivity index is 1.71. The molecule has 6 nitrogen and oxygen atoms in total. The van der Waals surface area contributed by atoms with Gasteiger partial charge in [-0.2, -0.15) is 21.0 Å². The van der Waals surface area contributed by atoms with Gasteiger partial charge in [-0.25, -0.2) is 0 Å². The molecule has 3 aliphatic rings. The van der Waals surface area contributed by atoms with Crippen LogP contribution in [0.4, 0.5) is 0 Å². The molecule has 0 aromatic heterocycles. The van der Waals surface area contributed by atoms with E-state index in [-0.39, 0.29) is 24.9 Å². The molecule has 0 unspecified atom stereocenters. The number of fused-ring (bicyclic) bond motifs is 2. The highest BCUT2D eigenvalue weighted by molar-refractivity contribution is 8.03. The van der Waals surface area contributed by atoms with E-state index in [9.17, 15) is 25.8 Å². The van der Waals surface area contributed by atoms with Gasteiger partial charge in [-0.1, -0.05) is 41.1 Å². The summed E-state index contributed by atoms with van der Waals surface area (Å²) < 4.78 is 0. The molecule has 0 radical (unpaired) electrons. The van der Waals surface area contributed by atoms with E-state index in [1.807, 2.05) is 61.5 Å². The topological polar surface area (TPSA) is 115 Å². The summed E-state index contributed by atoms with van der Waals surface area (Å²) in [5, 5.41) is 39.7. The van der Waals surface area contributed by atoms with Crippen LogP contribution < -0.4 is 0 Å². The van der Waals surface area contributed by atoms with Crippen molar-refractivity contribution >= 4 is 17.7 Å². The van der Waals surface area contributed by atoms with Gasteiger partial charge in [0, 0.05) is 35.9 Å². The number of hydrogen-bond donors (Lipinski definition) is 0. The molecule has 31 heavy (non-hydrogen) atoms. The molecule has 1 amide bonds. The first-order valence-electron chi connectivity index (χ1n) is 10.0. The summed E-state index contributed by atoms with van der Waals surface area (Å²) in [6.45, 7) is 2.04. The third-order valence-corrected chi connectivity index (χ3v) is 7.76. The zero-order chi connectivity index (χ0) is 22.2. The number of nitriles is 4. The summed E-state index contributed by atoms with van der Waals surface area (Å²) in [4.78, 5) is 16.8. The van der Waals surface area contributed by atoms with Crippen LogP contribution in [0.5, 0.6) is 0 Å². The molecule has 0 spiro atoms. The SMILES string of the molecule is CC1=C2C[C@@H]3CC(Sc4ccccc4)=CC(=O)N3C[C@H]2C(C#N)(C#N)C(C#N)(C#N)C1. The molecule has 2 aliphatic heterocycles. The summed E-state index contributed by atoms with van der Waals surface area (Å²) >= 11 is 1.58. The summed E-state index contributed by atoms with van der Waals surface area (Å²) in [6, 6.07) is 17.9. The number of allylic oxidation sites excluding steroid dienone is 1. The van der Waals surface area contributed by atoms with Gasteiger partial charge in [0.15, 0.2) is 10.8 Å². The van der Waals surface area contributed by atoms with Crippen LogP contribution in [-0.2, 0) is 4.79 Å². The maximum absolute atomic E-state index is 13.0. The van der Waals surface area contributed by atoms with Gasteiger partial charge in [0.1, 0.15) is 0 Å². The smallest absolute Gasteiger partial charge is 0.247 e. The molecule has 2 atom stereocenters. The Morgan fingerprint density at radius 2 is 1.71 bits per heavy atom. The molecule has 0 saturated carbocycles. The van der Waals surface area contributed by atoms with Gasteiger partial charge in [-0.15, -0.1) is 0 Å². The van der Waals surface area contributed by atoms with Gasteiger partial charge in [0.25, 0.3) is 0 Å². The number of nitrogens with zero attached hydrogens (tertiary/aromatic N) is 5. The van der Waals surface area contributed by atoms with Crippen LogP contribution in [0.1, 0.15) is 26.2 Å². The Kier molecular flexibility index (Phi) is 5.10. The van der Waals surface area contributed by atoms with Gasteiger partial charge < -0.3 is 4.90 Å². The number of benzene rings is 1. The van der Waals surface area contributed by atoms with Crippen molar-refractivity contribution in [2.75, 3.05) is 6.54 Å². The number of carbonyl (C=O) groups is 1. The van der Waals surface area contributed by atoms with Gasteiger partial charge in [-0.3, -0.25) is 4.79 Å². The minimum absolute atomic E-state index is 0.0586.